The van der Waals surface area contributed by atoms with Crippen molar-refractivity contribution in [1.29, 1.82) is 0 Å². The van der Waals surface area contributed by atoms with Crippen molar-refractivity contribution in [3.05, 3.63) is 7.11 Å². The average Bonchev–Trinajstić information content (AvgIpc) is 1.87. The van der Waals surface area contributed by atoms with E-state index in [0.29, 0.717) is 0 Å². The van der Waals surface area contributed by atoms with Gasteiger partial charge in [0.15, 0.2) is 0 Å². The SMILES string of the molecule is [CH2]OP(=O)(OC)OC. The highest BCUT2D eigenvalue weighted by molar-refractivity contribution is 7.48. The minimum absolute atomic E-state index is 1.22. The van der Waals surface area contributed by atoms with Crippen LogP contribution in [0.4, 0.5) is 0 Å². The van der Waals surface area contributed by atoms with Gasteiger partial charge in [-0.2, -0.15) is 0 Å². The van der Waals surface area contributed by atoms with Crippen LogP contribution in [0.1, 0.15) is 0 Å². The van der Waals surface area contributed by atoms with E-state index in [4.69, 9.17) is 0 Å². The molecular weight excluding hydrogens is 131 g/mol. The van der Waals surface area contributed by atoms with E-state index in [0.717, 1.165) is 0 Å². The Hall–Kier alpha value is 0.110. The molecule has 0 spiro atoms. The molecule has 0 aromatic carbocycles. The fourth-order valence-corrected chi connectivity index (χ4v) is 0.540. The largest absolute Gasteiger partial charge is 0.474 e. The lowest BCUT2D eigenvalue weighted by Crippen LogP contribution is -1.87. The number of hydrogen-bond donors (Lipinski definition) is 0. The molecule has 0 rings (SSSR count). The van der Waals surface area contributed by atoms with E-state index >= 15 is 0 Å². The van der Waals surface area contributed by atoms with Gasteiger partial charge in [0, 0.05) is 14.2 Å². The lowest BCUT2D eigenvalue weighted by atomic mass is 11.8. The van der Waals surface area contributed by atoms with Crippen molar-refractivity contribution < 1.29 is 18.1 Å². The van der Waals surface area contributed by atoms with Crippen LogP contribution in [-0.2, 0) is 18.1 Å². The van der Waals surface area contributed by atoms with E-state index in [2.05, 4.69) is 20.7 Å². The molecule has 0 aromatic rings. The second kappa shape index (κ2) is 3.20. The van der Waals surface area contributed by atoms with Crippen LogP contribution in [0.5, 0.6) is 0 Å². The normalized spacial score (nSPS) is 11.9. The minimum atomic E-state index is -3.27. The first kappa shape index (κ1) is 8.11. The second-order valence-electron chi connectivity index (χ2n) is 0.941. The van der Waals surface area contributed by atoms with Crippen LogP contribution < -0.4 is 0 Å². The second-order valence-corrected chi connectivity index (χ2v) is 2.82. The standard InChI is InChI=1S/C3H8O4P/c1-5-8(4,6-2)7-3/h1H2,2-3H3. The van der Waals surface area contributed by atoms with Gasteiger partial charge < -0.3 is 0 Å². The Morgan fingerprint density at radius 3 is 1.75 bits per heavy atom. The number of rotatable bonds is 3. The van der Waals surface area contributed by atoms with Gasteiger partial charge in [0.05, 0.1) is 7.11 Å². The van der Waals surface area contributed by atoms with Crippen LogP contribution in [0.3, 0.4) is 0 Å². The van der Waals surface area contributed by atoms with E-state index in [1.54, 1.807) is 0 Å². The van der Waals surface area contributed by atoms with Crippen LogP contribution in [0.2, 0.25) is 0 Å². The Balaban J connectivity index is 3.79. The first-order chi connectivity index (χ1) is 3.68. The summed E-state index contributed by atoms with van der Waals surface area (Å²) in [6.07, 6.45) is 0. The number of phosphoric ester groups is 1. The summed E-state index contributed by atoms with van der Waals surface area (Å²) in [6.45, 7) is 0. The fourth-order valence-electron chi connectivity index (χ4n) is 0.180. The number of phosphoric acid groups is 1. The predicted octanol–water partition coefficient (Wildman–Crippen LogP) is 1.20. The summed E-state index contributed by atoms with van der Waals surface area (Å²) in [5.74, 6) is 0. The third-order valence-corrected chi connectivity index (χ3v) is 1.82. The molecule has 0 saturated heterocycles. The molecule has 8 heavy (non-hydrogen) atoms. The predicted molar refractivity (Wildman–Crippen MR) is 28.1 cm³/mol. The van der Waals surface area contributed by atoms with Crippen molar-refractivity contribution in [2.24, 2.45) is 0 Å². The summed E-state index contributed by atoms with van der Waals surface area (Å²) in [5.41, 5.74) is 0. The van der Waals surface area contributed by atoms with Gasteiger partial charge in [-0.1, -0.05) is 0 Å². The number of hydrogen-bond acceptors (Lipinski definition) is 4. The molecule has 0 N–H and O–H groups in total. The van der Waals surface area contributed by atoms with Gasteiger partial charge in [0.1, 0.15) is 0 Å². The van der Waals surface area contributed by atoms with Crippen LogP contribution in [0.15, 0.2) is 0 Å². The lowest BCUT2D eigenvalue weighted by Gasteiger charge is -2.07. The van der Waals surface area contributed by atoms with Crippen molar-refractivity contribution in [3.63, 3.8) is 0 Å². The molecule has 0 heterocycles. The molecule has 49 valence electrons. The van der Waals surface area contributed by atoms with Crippen molar-refractivity contribution in [2.45, 2.75) is 0 Å². The van der Waals surface area contributed by atoms with E-state index in [1.165, 1.54) is 14.2 Å². The highest BCUT2D eigenvalue weighted by Crippen LogP contribution is 2.46. The molecule has 5 heteroatoms. The van der Waals surface area contributed by atoms with Crippen molar-refractivity contribution >= 4 is 7.82 Å². The maximum atomic E-state index is 10.6. The molecule has 0 atom stereocenters. The monoisotopic (exact) mass is 139 g/mol. The molecule has 0 fully saturated rings. The molecule has 0 unspecified atom stereocenters. The molecule has 0 aliphatic carbocycles. The van der Waals surface area contributed by atoms with Crippen LogP contribution in [0.25, 0.3) is 0 Å². The molecule has 0 aromatic heterocycles. The van der Waals surface area contributed by atoms with E-state index in [9.17, 15) is 4.57 Å². The molecule has 4 nitrogen and oxygen atoms in total. The average molecular weight is 139 g/mol. The zero-order valence-electron chi connectivity index (χ0n) is 4.79. The summed E-state index contributed by atoms with van der Waals surface area (Å²) in [5, 5.41) is 0. The smallest absolute Gasteiger partial charge is 0.290 e. The summed E-state index contributed by atoms with van der Waals surface area (Å²) < 4.78 is 23.3. The van der Waals surface area contributed by atoms with Gasteiger partial charge in [-0.3, -0.25) is 13.6 Å². The van der Waals surface area contributed by atoms with E-state index in [-0.39, 0.29) is 0 Å². The molecule has 0 bridgehead atoms. The molecule has 0 aliphatic rings. The summed E-state index contributed by atoms with van der Waals surface area (Å²) in [6, 6.07) is 0. The Bertz CT molecular complexity index is 82.4. The Labute approximate surface area is 48.4 Å². The third kappa shape index (κ3) is 1.92. The molecule has 0 amide bonds. The molecule has 0 saturated carbocycles. The molecular formula is C3H8O4P. The molecule has 1 radical (unpaired) electrons. The third-order valence-electron chi connectivity index (χ3n) is 0.605. The van der Waals surface area contributed by atoms with Crippen molar-refractivity contribution in [1.82, 2.24) is 0 Å². The van der Waals surface area contributed by atoms with Gasteiger partial charge in [0.2, 0.25) is 0 Å². The highest BCUT2D eigenvalue weighted by atomic mass is 31.2. The minimum Gasteiger partial charge on any atom is -0.290 e. The topological polar surface area (TPSA) is 44.8 Å². The zero-order chi connectivity index (χ0) is 6.62. The Morgan fingerprint density at radius 2 is 1.75 bits per heavy atom. The lowest BCUT2D eigenvalue weighted by molar-refractivity contribution is 0.191. The van der Waals surface area contributed by atoms with E-state index in [1.807, 2.05) is 0 Å². The van der Waals surface area contributed by atoms with Gasteiger partial charge in [-0.15, -0.1) is 0 Å². The fraction of sp³-hybridized carbons (Fsp3) is 0.667. The van der Waals surface area contributed by atoms with E-state index < -0.39 is 7.82 Å². The summed E-state index contributed by atoms with van der Waals surface area (Å²) in [7, 11) is 2.05. The van der Waals surface area contributed by atoms with Crippen molar-refractivity contribution in [2.75, 3.05) is 14.2 Å². The summed E-state index contributed by atoms with van der Waals surface area (Å²) in [4.78, 5) is 0. The van der Waals surface area contributed by atoms with Crippen LogP contribution in [0, 0.1) is 7.11 Å². The zero-order valence-corrected chi connectivity index (χ0v) is 5.68. The van der Waals surface area contributed by atoms with Gasteiger partial charge >= 0.3 is 7.82 Å². The van der Waals surface area contributed by atoms with Gasteiger partial charge in [-0.25, -0.2) is 4.57 Å². The van der Waals surface area contributed by atoms with Crippen LogP contribution >= 0.6 is 7.82 Å². The highest BCUT2D eigenvalue weighted by Gasteiger charge is 2.18. The maximum Gasteiger partial charge on any atom is 0.474 e. The van der Waals surface area contributed by atoms with Crippen molar-refractivity contribution in [3.8, 4) is 0 Å². The Morgan fingerprint density at radius 1 is 1.38 bits per heavy atom. The summed E-state index contributed by atoms with van der Waals surface area (Å²) >= 11 is 0. The van der Waals surface area contributed by atoms with Crippen LogP contribution in [-0.4, -0.2) is 14.2 Å². The first-order valence-electron chi connectivity index (χ1n) is 1.84. The first-order valence-corrected chi connectivity index (χ1v) is 3.30. The van der Waals surface area contributed by atoms with Gasteiger partial charge in [-0.05, 0) is 0 Å². The quantitative estimate of drug-likeness (QED) is 0.551. The molecule has 0 aliphatic heterocycles. The van der Waals surface area contributed by atoms with Gasteiger partial charge in [0.25, 0.3) is 0 Å². The maximum absolute atomic E-state index is 10.6. The Kier molecular flexibility index (Phi) is 3.24.